The molecule has 7 heteroatoms. The molecule has 0 atom stereocenters. The number of carbonyl (C=O) groups is 2. The van der Waals surface area contributed by atoms with E-state index < -0.39 is 11.9 Å². The lowest BCUT2D eigenvalue weighted by Gasteiger charge is -2.09. The summed E-state index contributed by atoms with van der Waals surface area (Å²) in [7, 11) is 1.25. The lowest BCUT2D eigenvalue weighted by atomic mass is 10.1. The first-order valence-electron chi connectivity index (χ1n) is 7.33. The smallest absolute Gasteiger partial charge is 0.354 e. The van der Waals surface area contributed by atoms with Gasteiger partial charge in [-0.1, -0.05) is 28.1 Å². The molecule has 0 radical (unpaired) electrons. The number of hydrogen-bond donors (Lipinski definition) is 1. The highest BCUT2D eigenvalue weighted by Gasteiger charge is 2.17. The number of esters is 1. The van der Waals surface area contributed by atoms with Crippen LogP contribution in [0, 0.1) is 0 Å². The largest absolute Gasteiger partial charge is 0.464 e. The minimum atomic E-state index is -0.652. The van der Waals surface area contributed by atoms with Crippen molar-refractivity contribution in [3.05, 3.63) is 63.8 Å². The summed E-state index contributed by atoms with van der Waals surface area (Å²) in [4.78, 5) is 24.4. The van der Waals surface area contributed by atoms with Crippen molar-refractivity contribution in [3.63, 3.8) is 0 Å². The number of benzene rings is 2. The molecule has 0 fully saturated rings. The Labute approximate surface area is 152 Å². The Morgan fingerprint density at radius 3 is 2.72 bits per heavy atom. The first-order valence-corrected chi connectivity index (χ1v) is 8.12. The highest BCUT2D eigenvalue weighted by molar-refractivity contribution is 9.10. The van der Waals surface area contributed by atoms with Gasteiger partial charge < -0.3 is 19.5 Å². The third-order valence-corrected chi connectivity index (χ3v) is 3.94. The lowest BCUT2D eigenvalue weighted by molar-refractivity contribution is -0.136. The van der Waals surface area contributed by atoms with Gasteiger partial charge in [0.2, 0.25) is 6.79 Å². The van der Waals surface area contributed by atoms with Crippen molar-refractivity contribution in [2.45, 2.75) is 0 Å². The van der Waals surface area contributed by atoms with E-state index in [1.165, 1.54) is 13.2 Å². The maximum atomic E-state index is 12.4. The van der Waals surface area contributed by atoms with Crippen LogP contribution < -0.4 is 14.8 Å². The fourth-order valence-electron chi connectivity index (χ4n) is 2.25. The molecule has 2 aromatic carbocycles. The minimum absolute atomic E-state index is 0.0198. The Balaban J connectivity index is 1.87. The molecule has 0 bridgehead atoms. The maximum Gasteiger partial charge on any atom is 0.354 e. The van der Waals surface area contributed by atoms with Crippen molar-refractivity contribution in [1.82, 2.24) is 5.32 Å². The topological polar surface area (TPSA) is 73.9 Å². The molecule has 6 nitrogen and oxygen atoms in total. The molecule has 1 aliphatic rings. The van der Waals surface area contributed by atoms with Gasteiger partial charge in [0, 0.05) is 10.0 Å². The molecule has 0 aliphatic carbocycles. The van der Waals surface area contributed by atoms with Crippen molar-refractivity contribution in [2.75, 3.05) is 13.9 Å². The molecule has 0 unspecified atom stereocenters. The molecule has 2 aromatic rings. The van der Waals surface area contributed by atoms with Crippen LogP contribution in [-0.4, -0.2) is 25.8 Å². The summed E-state index contributed by atoms with van der Waals surface area (Å²) in [6.45, 7) is 0.159. The second kappa shape index (κ2) is 7.40. The van der Waals surface area contributed by atoms with E-state index >= 15 is 0 Å². The van der Waals surface area contributed by atoms with Crippen molar-refractivity contribution in [2.24, 2.45) is 0 Å². The third-order valence-electron chi connectivity index (χ3n) is 3.45. The molecular weight excluding hydrogens is 390 g/mol. The number of hydrogen-bond acceptors (Lipinski definition) is 5. The van der Waals surface area contributed by atoms with Crippen LogP contribution in [0.15, 0.2) is 52.6 Å². The second-order valence-corrected chi connectivity index (χ2v) is 6.04. The van der Waals surface area contributed by atoms with Crippen LogP contribution in [0.1, 0.15) is 15.9 Å². The summed E-state index contributed by atoms with van der Waals surface area (Å²) >= 11 is 3.31. The predicted molar refractivity (Wildman–Crippen MR) is 94.2 cm³/mol. The number of carbonyl (C=O) groups excluding carboxylic acids is 2. The van der Waals surface area contributed by atoms with E-state index in [9.17, 15) is 9.59 Å². The minimum Gasteiger partial charge on any atom is -0.464 e. The van der Waals surface area contributed by atoms with Gasteiger partial charge in [-0.3, -0.25) is 4.79 Å². The fourth-order valence-corrected chi connectivity index (χ4v) is 2.65. The van der Waals surface area contributed by atoms with Gasteiger partial charge in [0.1, 0.15) is 5.70 Å². The highest BCUT2D eigenvalue weighted by atomic mass is 79.9. The highest BCUT2D eigenvalue weighted by Crippen LogP contribution is 2.33. The van der Waals surface area contributed by atoms with E-state index in [1.54, 1.807) is 42.5 Å². The van der Waals surface area contributed by atoms with Crippen molar-refractivity contribution in [1.29, 1.82) is 0 Å². The lowest BCUT2D eigenvalue weighted by Crippen LogP contribution is -2.28. The average molecular weight is 404 g/mol. The molecule has 0 aromatic heterocycles. The quantitative estimate of drug-likeness (QED) is 0.626. The number of halogens is 1. The Kier molecular flexibility index (Phi) is 5.04. The zero-order chi connectivity index (χ0) is 17.8. The Hall–Kier alpha value is -2.80. The molecule has 1 amide bonds. The summed E-state index contributed by atoms with van der Waals surface area (Å²) in [5.41, 5.74) is 1.10. The van der Waals surface area contributed by atoms with Gasteiger partial charge in [-0.25, -0.2) is 4.79 Å². The number of methoxy groups -OCH3 is 1. The Morgan fingerprint density at radius 1 is 1.16 bits per heavy atom. The van der Waals surface area contributed by atoms with Crippen LogP contribution in [0.4, 0.5) is 0 Å². The van der Waals surface area contributed by atoms with Gasteiger partial charge in [-0.2, -0.15) is 0 Å². The van der Waals surface area contributed by atoms with Gasteiger partial charge in [0.05, 0.1) is 7.11 Å². The van der Waals surface area contributed by atoms with E-state index in [0.29, 0.717) is 22.6 Å². The fraction of sp³-hybridized carbons (Fsp3) is 0.111. The van der Waals surface area contributed by atoms with Gasteiger partial charge in [-0.05, 0) is 42.0 Å². The molecule has 128 valence electrons. The standard InChI is InChI=1S/C18H14BrNO5/c1-23-18(22)14(20-17(21)12-3-2-4-13(19)9-12)7-11-5-6-15-16(8-11)25-10-24-15/h2-9H,10H2,1H3,(H,20,21)/b14-7-. The average Bonchev–Trinajstić information content (AvgIpc) is 3.08. The zero-order valence-electron chi connectivity index (χ0n) is 13.2. The monoisotopic (exact) mass is 403 g/mol. The van der Waals surface area contributed by atoms with E-state index in [0.717, 1.165) is 4.47 Å². The molecule has 1 heterocycles. The first kappa shape index (κ1) is 17.0. The number of nitrogens with one attached hydrogen (secondary N) is 1. The number of rotatable bonds is 4. The van der Waals surface area contributed by atoms with Gasteiger partial charge in [0.25, 0.3) is 5.91 Å². The van der Waals surface area contributed by atoms with Gasteiger partial charge in [0.15, 0.2) is 11.5 Å². The van der Waals surface area contributed by atoms with Crippen LogP contribution in [-0.2, 0) is 9.53 Å². The van der Waals surface area contributed by atoms with Crippen molar-refractivity contribution < 1.29 is 23.8 Å². The zero-order valence-corrected chi connectivity index (χ0v) is 14.8. The van der Waals surface area contributed by atoms with Crippen molar-refractivity contribution in [3.8, 4) is 11.5 Å². The molecular formula is C18H14BrNO5. The summed E-state index contributed by atoms with van der Waals surface area (Å²) in [6, 6.07) is 12.1. The molecule has 0 spiro atoms. The van der Waals surface area contributed by atoms with E-state index in [-0.39, 0.29) is 12.5 Å². The Bertz CT molecular complexity index is 862. The maximum absolute atomic E-state index is 12.4. The summed E-state index contributed by atoms with van der Waals surface area (Å²) in [5.74, 6) is 0.144. The SMILES string of the molecule is COC(=O)/C(=C/c1ccc2c(c1)OCO2)NC(=O)c1cccc(Br)c1. The number of ether oxygens (including phenoxy) is 3. The summed E-state index contributed by atoms with van der Waals surface area (Å²) in [5, 5.41) is 2.58. The summed E-state index contributed by atoms with van der Waals surface area (Å²) < 4.78 is 16.1. The number of amides is 1. The van der Waals surface area contributed by atoms with Crippen LogP contribution in [0.5, 0.6) is 11.5 Å². The van der Waals surface area contributed by atoms with Crippen molar-refractivity contribution >= 4 is 33.9 Å². The predicted octanol–water partition coefficient (Wildman–Crippen LogP) is 3.12. The van der Waals surface area contributed by atoms with E-state index in [1.807, 2.05) is 0 Å². The van der Waals surface area contributed by atoms with E-state index in [2.05, 4.69) is 21.2 Å². The van der Waals surface area contributed by atoms with Crippen LogP contribution in [0.3, 0.4) is 0 Å². The molecule has 0 saturated heterocycles. The number of fused-ring (bicyclic) bond motifs is 1. The summed E-state index contributed by atoms with van der Waals surface area (Å²) in [6.07, 6.45) is 1.52. The van der Waals surface area contributed by atoms with Crippen LogP contribution >= 0.6 is 15.9 Å². The first-order chi connectivity index (χ1) is 12.1. The second-order valence-electron chi connectivity index (χ2n) is 5.13. The third kappa shape index (κ3) is 4.00. The Morgan fingerprint density at radius 2 is 1.96 bits per heavy atom. The molecule has 0 saturated carbocycles. The van der Waals surface area contributed by atoms with Crippen LogP contribution in [0.2, 0.25) is 0 Å². The molecule has 1 aliphatic heterocycles. The molecule has 25 heavy (non-hydrogen) atoms. The normalized spacial score (nSPS) is 12.6. The van der Waals surface area contributed by atoms with E-state index in [4.69, 9.17) is 14.2 Å². The van der Waals surface area contributed by atoms with Crippen LogP contribution in [0.25, 0.3) is 6.08 Å². The molecule has 3 rings (SSSR count). The van der Waals surface area contributed by atoms with Gasteiger partial charge >= 0.3 is 5.97 Å². The van der Waals surface area contributed by atoms with Gasteiger partial charge in [-0.15, -0.1) is 0 Å². The molecule has 1 N–H and O–H groups in total.